The molecule has 196 valence electrons. The second kappa shape index (κ2) is 10.7. The molecule has 0 aliphatic carbocycles. The number of fused-ring (bicyclic) bond motifs is 1. The van der Waals surface area contributed by atoms with Gasteiger partial charge in [-0.05, 0) is 48.9 Å². The molecule has 2 aromatic rings. The molecule has 2 aliphatic heterocycles. The second-order valence-electron chi connectivity index (χ2n) is 9.27. The van der Waals surface area contributed by atoms with E-state index in [9.17, 15) is 29.6 Å². The monoisotopic (exact) mass is 511 g/mol. The molecule has 0 radical (unpaired) electrons. The van der Waals surface area contributed by atoms with E-state index in [2.05, 4.69) is 5.32 Å². The molecule has 0 saturated carbocycles. The van der Waals surface area contributed by atoms with Crippen LogP contribution in [0, 0.1) is 17.0 Å². The quantitative estimate of drug-likeness (QED) is 0.302. The Morgan fingerprint density at radius 2 is 1.95 bits per heavy atom. The van der Waals surface area contributed by atoms with E-state index in [1.54, 1.807) is 17.9 Å². The maximum Gasteiger partial charge on any atom is 0.410 e. The van der Waals surface area contributed by atoms with Gasteiger partial charge in [-0.15, -0.1) is 0 Å². The maximum atomic E-state index is 12.8. The minimum Gasteiger partial charge on any atom is -0.478 e. The van der Waals surface area contributed by atoms with Crippen LogP contribution in [0.25, 0.3) is 0 Å². The van der Waals surface area contributed by atoms with E-state index in [0.29, 0.717) is 43.6 Å². The number of anilines is 2. The predicted molar refractivity (Wildman–Crippen MR) is 134 cm³/mol. The molecule has 2 aromatic carbocycles. The highest BCUT2D eigenvalue weighted by molar-refractivity contribution is 5.91. The van der Waals surface area contributed by atoms with Gasteiger partial charge in [0.15, 0.2) is 0 Å². The van der Waals surface area contributed by atoms with Crippen molar-refractivity contribution in [2.75, 3.05) is 30.7 Å². The molecule has 4 rings (SSSR count). The molecule has 1 atom stereocenters. The van der Waals surface area contributed by atoms with Gasteiger partial charge in [-0.1, -0.05) is 24.3 Å². The molecule has 37 heavy (non-hydrogen) atoms. The lowest BCUT2D eigenvalue weighted by Crippen LogP contribution is -2.50. The van der Waals surface area contributed by atoms with Crippen molar-refractivity contribution >= 4 is 35.2 Å². The van der Waals surface area contributed by atoms with Crippen LogP contribution in [0.15, 0.2) is 36.4 Å². The van der Waals surface area contributed by atoms with Gasteiger partial charge < -0.3 is 30.7 Å². The van der Waals surface area contributed by atoms with Crippen LogP contribution in [0.5, 0.6) is 0 Å². The zero-order valence-electron chi connectivity index (χ0n) is 20.4. The van der Waals surface area contributed by atoms with Crippen molar-refractivity contribution in [3.05, 3.63) is 63.2 Å². The number of piperidine rings is 1. The smallest absolute Gasteiger partial charge is 0.410 e. The molecule has 0 spiro atoms. The van der Waals surface area contributed by atoms with Gasteiger partial charge in [0.2, 0.25) is 6.10 Å². The van der Waals surface area contributed by atoms with E-state index >= 15 is 0 Å². The number of aliphatic carboxylic acids is 1. The number of carbonyl (C=O) groups is 3. The summed E-state index contributed by atoms with van der Waals surface area (Å²) >= 11 is 0. The van der Waals surface area contributed by atoms with Gasteiger partial charge in [0.25, 0.3) is 5.69 Å². The van der Waals surface area contributed by atoms with Crippen LogP contribution in [-0.2, 0) is 22.4 Å². The number of urea groups is 1. The first-order valence-electron chi connectivity index (χ1n) is 12.0. The van der Waals surface area contributed by atoms with Crippen molar-refractivity contribution in [1.29, 1.82) is 0 Å². The van der Waals surface area contributed by atoms with Gasteiger partial charge in [0, 0.05) is 43.9 Å². The minimum atomic E-state index is -1.53. The largest absolute Gasteiger partial charge is 0.478 e. The third-order valence-corrected chi connectivity index (χ3v) is 6.87. The fourth-order valence-corrected chi connectivity index (χ4v) is 4.81. The van der Waals surface area contributed by atoms with Gasteiger partial charge in [0.1, 0.15) is 5.69 Å². The minimum absolute atomic E-state index is 0.00228. The molecule has 1 fully saturated rings. The molecule has 2 heterocycles. The van der Waals surface area contributed by atoms with E-state index in [1.165, 1.54) is 11.0 Å². The Kier molecular flexibility index (Phi) is 7.46. The number of carbonyl (C=O) groups excluding carboxylic acids is 2. The van der Waals surface area contributed by atoms with Gasteiger partial charge in [-0.3, -0.25) is 10.1 Å². The van der Waals surface area contributed by atoms with Gasteiger partial charge in [0.05, 0.1) is 4.92 Å². The van der Waals surface area contributed by atoms with Crippen molar-refractivity contribution in [3.63, 3.8) is 0 Å². The zero-order valence-corrected chi connectivity index (χ0v) is 20.4. The number of nitrogens with two attached hydrogens (primary N) is 1. The summed E-state index contributed by atoms with van der Waals surface area (Å²) in [5.41, 5.74) is 8.05. The van der Waals surface area contributed by atoms with Gasteiger partial charge in [-0.25, -0.2) is 14.4 Å². The summed E-state index contributed by atoms with van der Waals surface area (Å²) in [5.74, 6) is -1.36. The third-order valence-electron chi connectivity index (χ3n) is 6.87. The highest BCUT2D eigenvalue weighted by atomic mass is 16.6. The number of carboxylic acid groups (broad SMARTS) is 1. The van der Waals surface area contributed by atoms with Gasteiger partial charge in [-0.2, -0.15) is 0 Å². The molecular weight excluding hydrogens is 482 g/mol. The topological polar surface area (TPSA) is 168 Å². The van der Waals surface area contributed by atoms with E-state index in [-0.39, 0.29) is 29.9 Å². The molecule has 3 amide bonds. The highest BCUT2D eigenvalue weighted by Crippen LogP contribution is 2.28. The third kappa shape index (κ3) is 5.74. The fraction of sp³-hybridized carbons (Fsp3) is 0.400. The second-order valence-corrected chi connectivity index (χ2v) is 9.27. The van der Waals surface area contributed by atoms with Crippen LogP contribution >= 0.6 is 0 Å². The summed E-state index contributed by atoms with van der Waals surface area (Å²) in [4.78, 5) is 51.2. The molecule has 4 N–H and O–H groups in total. The highest BCUT2D eigenvalue weighted by Gasteiger charge is 2.33. The lowest BCUT2D eigenvalue weighted by molar-refractivity contribution is -0.384. The number of nitrogen functional groups attached to an aromatic ring is 1. The number of rotatable bonds is 6. The number of hydrogen-bond acceptors (Lipinski definition) is 7. The van der Waals surface area contributed by atoms with Crippen LogP contribution in [0.3, 0.4) is 0 Å². The van der Waals surface area contributed by atoms with Crippen molar-refractivity contribution in [1.82, 2.24) is 9.80 Å². The number of ether oxygens (including phenoxy) is 1. The van der Waals surface area contributed by atoms with Crippen molar-refractivity contribution in [3.8, 4) is 0 Å². The number of nitro benzene ring substituents is 1. The first-order chi connectivity index (χ1) is 17.6. The summed E-state index contributed by atoms with van der Waals surface area (Å²) in [7, 11) is 0. The van der Waals surface area contributed by atoms with Crippen LogP contribution in [0.4, 0.5) is 26.7 Å². The van der Waals surface area contributed by atoms with Crippen LogP contribution in [-0.4, -0.2) is 69.7 Å². The number of aryl methyl sites for hydroxylation is 1. The Balaban J connectivity index is 1.35. The van der Waals surface area contributed by atoms with Crippen LogP contribution in [0.1, 0.15) is 29.5 Å². The summed E-state index contributed by atoms with van der Waals surface area (Å²) in [6, 6.07) is 10.2. The van der Waals surface area contributed by atoms with E-state index in [1.807, 2.05) is 24.3 Å². The average molecular weight is 512 g/mol. The average Bonchev–Trinajstić information content (AvgIpc) is 3.03. The molecule has 0 aromatic heterocycles. The first-order valence-corrected chi connectivity index (χ1v) is 12.0. The molecule has 0 bridgehead atoms. The maximum absolute atomic E-state index is 12.8. The Bertz CT molecular complexity index is 1230. The normalized spacial score (nSPS) is 16.8. The molecule has 1 saturated heterocycles. The molecule has 12 heteroatoms. The van der Waals surface area contributed by atoms with Crippen molar-refractivity contribution < 1.29 is 29.2 Å². The Morgan fingerprint density at radius 3 is 2.62 bits per heavy atom. The van der Waals surface area contributed by atoms with Gasteiger partial charge >= 0.3 is 18.1 Å². The predicted octanol–water partition coefficient (Wildman–Crippen LogP) is 3.17. The van der Waals surface area contributed by atoms with E-state index in [4.69, 9.17) is 10.5 Å². The zero-order chi connectivity index (χ0) is 26.7. The Morgan fingerprint density at radius 1 is 1.24 bits per heavy atom. The number of amides is 3. The number of carboxylic acids is 1. The lowest BCUT2D eigenvalue weighted by atomic mass is 10.0. The molecule has 1 unspecified atom stereocenters. The number of benzene rings is 2. The number of nitrogens with one attached hydrogen (secondary N) is 1. The number of nitrogens with zero attached hydrogens (tertiary/aromatic N) is 3. The lowest BCUT2D eigenvalue weighted by Gasteiger charge is -2.37. The van der Waals surface area contributed by atoms with Crippen LogP contribution < -0.4 is 11.1 Å². The number of nitro groups is 1. The molecule has 12 nitrogen and oxygen atoms in total. The number of likely N-dealkylation sites (tertiary alicyclic amines) is 1. The van der Waals surface area contributed by atoms with Crippen molar-refractivity contribution in [2.24, 2.45) is 0 Å². The summed E-state index contributed by atoms with van der Waals surface area (Å²) < 4.78 is 5.28. The summed E-state index contributed by atoms with van der Waals surface area (Å²) in [5, 5.41) is 23.8. The Labute approximate surface area is 213 Å². The van der Waals surface area contributed by atoms with Crippen LogP contribution in [0.2, 0.25) is 0 Å². The Hall–Kier alpha value is -4.35. The fourth-order valence-electron chi connectivity index (χ4n) is 4.81. The summed E-state index contributed by atoms with van der Waals surface area (Å²) in [6.07, 6.45) is -0.767. The standard InChI is InChI=1S/C25H29N5O7/c1-15-12-16(13-20(22(15)26)30(35)36)14-21(23(31)32)37-25(34)28-9-7-18(8-10-28)29-11-6-17-4-2-3-5-19(17)27-24(29)33/h2-5,12-13,18,21H,6-11,14,26H2,1H3,(H,27,33)(H,31,32). The van der Waals surface area contributed by atoms with E-state index in [0.717, 1.165) is 17.7 Å². The number of hydrogen-bond donors (Lipinski definition) is 3. The molecular formula is C25H29N5O7. The van der Waals surface area contributed by atoms with E-state index < -0.39 is 23.1 Å². The SMILES string of the molecule is Cc1cc(CC(OC(=O)N2CCC(N3CCc4ccccc4NC3=O)CC2)C(=O)O)cc([N+](=O)[O-])c1N. The summed E-state index contributed by atoms with van der Waals surface area (Å²) in [6.45, 7) is 2.76. The molecule has 2 aliphatic rings. The number of para-hydroxylation sites is 1. The first kappa shape index (κ1) is 25.7. The van der Waals surface area contributed by atoms with Crippen molar-refractivity contribution in [2.45, 2.75) is 44.8 Å².